The lowest BCUT2D eigenvalue weighted by atomic mass is 10.0. The van der Waals surface area contributed by atoms with E-state index in [1.807, 2.05) is 24.3 Å². The summed E-state index contributed by atoms with van der Waals surface area (Å²) in [7, 11) is 0. The van der Waals surface area contributed by atoms with Crippen molar-refractivity contribution in [3.8, 4) is 11.3 Å². The minimum Gasteiger partial charge on any atom is -0.405 e. The van der Waals surface area contributed by atoms with E-state index in [1.54, 1.807) is 42.6 Å². The first-order chi connectivity index (χ1) is 13.6. The number of rotatable bonds is 8. The van der Waals surface area contributed by atoms with Crippen molar-refractivity contribution in [1.82, 2.24) is 10.2 Å². The lowest BCUT2D eigenvalue weighted by Gasteiger charge is -2.08. The minimum absolute atomic E-state index is 0.306. The van der Waals surface area contributed by atoms with Gasteiger partial charge in [0, 0.05) is 28.6 Å². The Balaban J connectivity index is 2.29. The second-order valence-electron chi connectivity index (χ2n) is 5.67. The maximum atomic E-state index is 12.3. The van der Waals surface area contributed by atoms with Crippen LogP contribution in [0.15, 0.2) is 98.0 Å². The molecule has 0 aliphatic heterocycles. The number of hydrogen-bond acceptors (Lipinski definition) is 4. The van der Waals surface area contributed by atoms with E-state index < -0.39 is 0 Å². The maximum Gasteiger partial charge on any atom is 0.255 e. The van der Waals surface area contributed by atoms with Crippen molar-refractivity contribution in [2.24, 2.45) is 11.5 Å². The highest BCUT2D eigenvalue weighted by atomic mass is 16.1. The van der Waals surface area contributed by atoms with Crippen LogP contribution in [0.1, 0.15) is 5.56 Å². The smallest absolute Gasteiger partial charge is 0.255 e. The molecule has 1 aromatic heterocycles. The van der Waals surface area contributed by atoms with Gasteiger partial charge in [-0.05, 0) is 42.3 Å². The van der Waals surface area contributed by atoms with Crippen LogP contribution in [0.2, 0.25) is 0 Å². The average molecular weight is 373 g/mol. The molecule has 6 N–H and O–H groups in total. The third kappa shape index (κ3) is 5.22. The molecule has 0 fully saturated rings. The topological polar surface area (TPSA) is 110 Å². The van der Waals surface area contributed by atoms with Crippen LogP contribution in [0, 0.1) is 0 Å². The zero-order chi connectivity index (χ0) is 20.4. The van der Waals surface area contributed by atoms with E-state index in [1.165, 1.54) is 12.4 Å². The lowest BCUT2D eigenvalue weighted by Crippen LogP contribution is -2.12. The highest BCUT2D eigenvalue weighted by molar-refractivity contribution is 6.05. The summed E-state index contributed by atoms with van der Waals surface area (Å²) in [5, 5.41) is 10.0. The number of aromatic nitrogens is 2. The molecule has 1 aromatic carbocycles. The van der Waals surface area contributed by atoms with E-state index in [2.05, 4.69) is 28.7 Å². The molecule has 6 nitrogen and oxygen atoms in total. The number of nitrogens with two attached hydrogens (primary N) is 2. The van der Waals surface area contributed by atoms with Gasteiger partial charge in [-0.25, -0.2) is 0 Å². The average Bonchev–Trinajstić information content (AvgIpc) is 3.18. The Morgan fingerprint density at radius 2 is 2.00 bits per heavy atom. The van der Waals surface area contributed by atoms with Crippen molar-refractivity contribution >= 4 is 17.2 Å². The SMILES string of the molecule is C=C/C=C(\C=C/N)c1c[nH]nc1-c1cccc(NC(=O)C(=C)/C=C\C=C/N)c1. The Morgan fingerprint density at radius 3 is 2.71 bits per heavy atom. The van der Waals surface area contributed by atoms with Gasteiger partial charge in [0.25, 0.3) is 5.91 Å². The Morgan fingerprint density at radius 1 is 1.18 bits per heavy atom. The van der Waals surface area contributed by atoms with Gasteiger partial charge in [0.15, 0.2) is 0 Å². The highest BCUT2D eigenvalue weighted by Crippen LogP contribution is 2.29. The second-order valence-corrected chi connectivity index (χ2v) is 5.67. The van der Waals surface area contributed by atoms with Crippen molar-refractivity contribution in [3.63, 3.8) is 0 Å². The summed E-state index contributed by atoms with van der Waals surface area (Å²) >= 11 is 0. The minimum atomic E-state index is -0.306. The second kappa shape index (κ2) is 10.2. The summed E-state index contributed by atoms with van der Waals surface area (Å²) in [6, 6.07) is 7.39. The quantitative estimate of drug-likeness (QED) is 0.418. The van der Waals surface area contributed by atoms with Crippen LogP contribution in [-0.2, 0) is 4.79 Å². The number of carbonyl (C=O) groups is 1. The number of anilines is 1. The first-order valence-corrected chi connectivity index (χ1v) is 8.51. The summed E-state index contributed by atoms with van der Waals surface area (Å²) < 4.78 is 0. The van der Waals surface area contributed by atoms with Gasteiger partial charge in [-0.1, -0.05) is 49.6 Å². The van der Waals surface area contributed by atoms with Crippen molar-refractivity contribution in [3.05, 3.63) is 104 Å². The number of allylic oxidation sites excluding steroid dienone is 6. The molecule has 2 aromatic rings. The largest absolute Gasteiger partial charge is 0.405 e. The molecule has 0 aliphatic carbocycles. The fourth-order valence-electron chi connectivity index (χ4n) is 2.46. The summed E-state index contributed by atoms with van der Waals surface area (Å²) in [6.07, 6.45) is 14.8. The number of amides is 1. The zero-order valence-corrected chi connectivity index (χ0v) is 15.4. The van der Waals surface area contributed by atoms with Crippen LogP contribution >= 0.6 is 0 Å². The molecule has 0 radical (unpaired) electrons. The first kappa shape index (κ1) is 20.3. The van der Waals surface area contributed by atoms with Gasteiger partial charge in [-0.15, -0.1) is 0 Å². The molecule has 142 valence electrons. The molecule has 1 heterocycles. The van der Waals surface area contributed by atoms with Crippen LogP contribution < -0.4 is 16.8 Å². The van der Waals surface area contributed by atoms with Crippen molar-refractivity contribution < 1.29 is 4.79 Å². The van der Waals surface area contributed by atoms with Gasteiger partial charge in [-0.2, -0.15) is 5.10 Å². The van der Waals surface area contributed by atoms with E-state index in [9.17, 15) is 4.79 Å². The molecule has 0 spiro atoms. The van der Waals surface area contributed by atoms with Gasteiger partial charge >= 0.3 is 0 Å². The van der Waals surface area contributed by atoms with Crippen LogP contribution in [0.25, 0.3) is 16.8 Å². The molecule has 1 amide bonds. The van der Waals surface area contributed by atoms with Crippen LogP contribution in [0.4, 0.5) is 5.69 Å². The number of carbonyl (C=O) groups excluding carboxylic acids is 1. The van der Waals surface area contributed by atoms with Gasteiger partial charge in [-0.3, -0.25) is 9.89 Å². The summed E-state index contributed by atoms with van der Waals surface area (Å²) in [5.41, 5.74) is 15.0. The molecule has 6 heteroatoms. The molecule has 0 saturated heterocycles. The molecule has 0 unspecified atom stereocenters. The Labute approximate surface area is 164 Å². The molecule has 0 bridgehead atoms. The Bertz CT molecular complexity index is 976. The summed E-state index contributed by atoms with van der Waals surface area (Å²) in [5.74, 6) is -0.306. The normalized spacial score (nSPS) is 12.1. The van der Waals surface area contributed by atoms with Crippen LogP contribution in [0.3, 0.4) is 0 Å². The van der Waals surface area contributed by atoms with E-state index in [0.717, 1.165) is 22.4 Å². The molecule has 2 rings (SSSR count). The molecule has 28 heavy (non-hydrogen) atoms. The predicted octanol–water partition coefficient (Wildman–Crippen LogP) is 3.64. The zero-order valence-electron chi connectivity index (χ0n) is 15.4. The number of aromatic amines is 1. The fraction of sp³-hybridized carbons (Fsp3) is 0. The Hall–Kier alpha value is -4.06. The molecule has 0 aliphatic rings. The number of hydrogen-bond donors (Lipinski definition) is 4. The van der Waals surface area contributed by atoms with Gasteiger partial charge in [0.1, 0.15) is 0 Å². The third-order valence-electron chi connectivity index (χ3n) is 3.73. The molecular formula is C22H23N5O. The summed E-state index contributed by atoms with van der Waals surface area (Å²) in [4.78, 5) is 12.3. The monoisotopic (exact) mass is 373 g/mol. The number of H-pyrrole nitrogens is 1. The van der Waals surface area contributed by atoms with E-state index in [-0.39, 0.29) is 5.91 Å². The maximum absolute atomic E-state index is 12.3. The molecule has 0 atom stereocenters. The van der Waals surface area contributed by atoms with Crippen molar-refractivity contribution in [1.29, 1.82) is 0 Å². The highest BCUT2D eigenvalue weighted by Gasteiger charge is 2.12. The number of nitrogens with one attached hydrogen (secondary N) is 2. The van der Waals surface area contributed by atoms with Gasteiger partial charge < -0.3 is 16.8 Å². The summed E-state index contributed by atoms with van der Waals surface area (Å²) in [6.45, 7) is 7.48. The molecular weight excluding hydrogens is 350 g/mol. The number of nitrogens with zero attached hydrogens (tertiary/aromatic N) is 1. The first-order valence-electron chi connectivity index (χ1n) is 8.51. The van der Waals surface area contributed by atoms with Crippen molar-refractivity contribution in [2.75, 3.05) is 5.32 Å². The third-order valence-corrected chi connectivity index (χ3v) is 3.73. The molecule has 0 saturated carbocycles. The Kier molecular flexibility index (Phi) is 7.36. The van der Waals surface area contributed by atoms with E-state index in [4.69, 9.17) is 11.5 Å². The standard InChI is InChI=1S/C22H23N5O/c1-3-7-17(11-13-24)20-15-25-27-21(20)18-9-6-10-19(14-18)26-22(28)16(2)8-4-5-12-23/h3-15H,1-2,23-24H2,(H,25,27)(H,26,28)/b8-4-,12-5-,13-11-,17-7+. The fourth-order valence-corrected chi connectivity index (χ4v) is 2.46. The van der Waals surface area contributed by atoms with Crippen LogP contribution in [-0.4, -0.2) is 16.1 Å². The van der Waals surface area contributed by atoms with E-state index >= 15 is 0 Å². The predicted molar refractivity (Wildman–Crippen MR) is 116 cm³/mol. The van der Waals surface area contributed by atoms with E-state index in [0.29, 0.717) is 11.3 Å². The van der Waals surface area contributed by atoms with Gasteiger partial charge in [0.05, 0.1) is 5.69 Å². The van der Waals surface area contributed by atoms with Crippen molar-refractivity contribution in [2.45, 2.75) is 0 Å². The van der Waals surface area contributed by atoms with Crippen LogP contribution in [0.5, 0.6) is 0 Å². The number of benzene rings is 1. The van der Waals surface area contributed by atoms with Gasteiger partial charge in [0.2, 0.25) is 0 Å². The lowest BCUT2D eigenvalue weighted by molar-refractivity contribution is -0.112.